The molecule has 0 aliphatic heterocycles. The lowest BCUT2D eigenvalue weighted by Gasteiger charge is -2.14. The molecular weight excluding hydrogens is 292 g/mol. The minimum atomic E-state index is -1.08. The van der Waals surface area contributed by atoms with E-state index in [9.17, 15) is 14.4 Å². The van der Waals surface area contributed by atoms with Gasteiger partial charge in [0, 0.05) is 6.54 Å². The summed E-state index contributed by atoms with van der Waals surface area (Å²) in [6.45, 7) is 2.42. The highest BCUT2D eigenvalue weighted by Crippen LogP contribution is 2.14. The Bertz CT molecular complexity index is 794. The quantitative estimate of drug-likeness (QED) is 0.814. The summed E-state index contributed by atoms with van der Waals surface area (Å²) < 4.78 is 1.42. The normalized spacial score (nSPS) is 12.5. The maximum atomic E-state index is 12.0. The van der Waals surface area contributed by atoms with Gasteiger partial charge in [0.1, 0.15) is 0 Å². The summed E-state index contributed by atoms with van der Waals surface area (Å²) in [5, 5.41) is 8.99. The number of hydrogen-bond acceptors (Lipinski definition) is 4. The summed E-state index contributed by atoms with van der Waals surface area (Å²) in [4.78, 5) is 37.2. The molecule has 6 nitrogen and oxygen atoms in total. The predicted octanol–water partition coefficient (Wildman–Crippen LogP) is 1.39. The Labute approximate surface area is 124 Å². The molecule has 0 bridgehead atoms. The molecule has 0 radical (unpaired) electrons. The van der Waals surface area contributed by atoms with Gasteiger partial charge in [-0.3, -0.25) is 9.59 Å². The molecule has 2 N–H and O–H groups in total. The van der Waals surface area contributed by atoms with Crippen LogP contribution >= 0.6 is 11.8 Å². The Morgan fingerprint density at radius 2 is 2.14 bits per heavy atom. The average Bonchev–Trinajstić information content (AvgIpc) is 2.43. The largest absolute Gasteiger partial charge is 0.478 e. The maximum Gasteiger partial charge on any atom is 0.335 e. The molecule has 0 aliphatic rings. The first kappa shape index (κ1) is 15.4. The van der Waals surface area contributed by atoms with Crippen molar-refractivity contribution in [1.82, 2.24) is 9.55 Å². The van der Waals surface area contributed by atoms with Crippen molar-refractivity contribution in [3.8, 4) is 0 Å². The van der Waals surface area contributed by atoms with Gasteiger partial charge in [-0.15, -0.1) is 0 Å². The average molecular weight is 308 g/mol. The number of aromatic carboxylic acids is 1. The Morgan fingerprint density at radius 1 is 1.43 bits per heavy atom. The number of rotatable bonds is 5. The van der Waals surface area contributed by atoms with Crippen molar-refractivity contribution in [2.45, 2.75) is 13.5 Å². The highest BCUT2D eigenvalue weighted by Gasteiger charge is 2.12. The van der Waals surface area contributed by atoms with Crippen LogP contribution < -0.4 is 11.1 Å². The van der Waals surface area contributed by atoms with E-state index in [0.717, 1.165) is 5.75 Å². The molecule has 0 fully saturated rings. The summed E-state index contributed by atoms with van der Waals surface area (Å²) in [5.74, 6) is 0.0154. The van der Waals surface area contributed by atoms with Crippen LogP contribution in [0.1, 0.15) is 17.3 Å². The molecule has 0 saturated carbocycles. The highest BCUT2D eigenvalue weighted by atomic mass is 32.2. The standard InChI is InChI=1S/C14H16N2O4S/c1-8(7-21-2)6-16-11-4-3-9(14(19)20)5-10(11)15-12(17)13(16)18/h3-5,8H,6-7H2,1-2H3,(H,15,17)(H,19,20). The smallest absolute Gasteiger partial charge is 0.335 e. The lowest BCUT2D eigenvalue weighted by atomic mass is 10.1. The molecular formula is C14H16N2O4S. The van der Waals surface area contributed by atoms with E-state index in [4.69, 9.17) is 5.11 Å². The highest BCUT2D eigenvalue weighted by molar-refractivity contribution is 7.98. The molecule has 0 saturated heterocycles. The second-order valence-corrected chi connectivity index (χ2v) is 5.88. The van der Waals surface area contributed by atoms with E-state index in [-0.39, 0.29) is 11.5 Å². The Morgan fingerprint density at radius 3 is 2.76 bits per heavy atom. The van der Waals surface area contributed by atoms with Crippen LogP contribution in [-0.2, 0) is 6.54 Å². The van der Waals surface area contributed by atoms with Crippen molar-refractivity contribution in [3.05, 3.63) is 44.5 Å². The van der Waals surface area contributed by atoms with Crippen molar-refractivity contribution in [3.63, 3.8) is 0 Å². The van der Waals surface area contributed by atoms with Crippen molar-refractivity contribution in [2.24, 2.45) is 5.92 Å². The molecule has 2 rings (SSSR count). The van der Waals surface area contributed by atoms with E-state index in [0.29, 0.717) is 17.6 Å². The summed E-state index contributed by atoms with van der Waals surface area (Å²) >= 11 is 1.67. The Kier molecular flexibility index (Phi) is 4.52. The minimum Gasteiger partial charge on any atom is -0.478 e. The maximum absolute atomic E-state index is 12.0. The number of carbonyl (C=O) groups is 1. The number of fused-ring (bicyclic) bond motifs is 1. The molecule has 1 aromatic carbocycles. The molecule has 2 aromatic rings. The first-order valence-electron chi connectivity index (χ1n) is 6.43. The molecule has 0 amide bonds. The van der Waals surface area contributed by atoms with Crippen molar-refractivity contribution in [1.29, 1.82) is 0 Å². The summed E-state index contributed by atoms with van der Waals surface area (Å²) in [5.41, 5.74) is -0.381. The van der Waals surface area contributed by atoms with Gasteiger partial charge in [-0.1, -0.05) is 6.92 Å². The molecule has 0 aliphatic carbocycles. The fraction of sp³-hybridized carbons (Fsp3) is 0.357. The number of carboxylic acid groups (broad SMARTS) is 1. The van der Waals surface area contributed by atoms with E-state index >= 15 is 0 Å². The minimum absolute atomic E-state index is 0.0699. The number of H-pyrrole nitrogens is 1. The monoisotopic (exact) mass is 308 g/mol. The van der Waals surface area contributed by atoms with Gasteiger partial charge in [-0.05, 0) is 36.1 Å². The van der Waals surface area contributed by atoms with Gasteiger partial charge in [-0.25, -0.2) is 4.79 Å². The number of benzene rings is 1. The van der Waals surface area contributed by atoms with Gasteiger partial charge >= 0.3 is 17.1 Å². The fourth-order valence-corrected chi connectivity index (χ4v) is 2.92. The number of aromatic nitrogens is 2. The first-order chi connectivity index (χ1) is 9.93. The molecule has 21 heavy (non-hydrogen) atoms. The lowest BCUT2D eigenvalue weighted by molar-refractivity contribution is 0.0697. The molecule has 1 atom stereocenters. The molecule has 1 heterocycles. The molecule has 112 valence electrons. The van der Waals surface area contributed by atoms with Crippen molar-refractivity contribution in [2.75, 3.05) is 12.0 Å². The van der Waals surface area contributed by atoms with Crippen LogP contribution in [0.3, 0.4) is 0 Å². The van der Waals surface area contributed by atoms with E-state index in [2.05, 4.69) is 4.98 Å². The Balaban J connectivity index is 2.62. The van der Waals surface area contributed by atoms with Crippen LogP contribution in [-0.4, -0.2) is 32.6 Å². The van der Waals surface area contributed by atoms with Gasteiger partial charge in [0.25, 0.3) is 0 Å². The van der Waals surface area contributed by atoms with Crippen LogP contribution in [0.4, 0.5) is 0 Å². The fourth-order valence-electron chi connectivity index (χ4n) is 2.24. The van der Waals surface area contributed by atoms with Crippen molar-refractivity contribution < 1.29 is 9.90 Å². The molecule has 7 heteroatoms. The van der Waals surface area contributed by atoms with E-state index in [1.807, 2.05) is 13.2 Å². The lowest BCUT2D eigenvalue weighted by Crippen LogP contribution is -2.37. The van der Waals surface area contributed by atoms with Crippen LogP contribution in [0, 0.1) is 5.92 Å². The summed E-state index contributed by atoms with van der Waals surface area (Å²) in [6.07, 6.45) is 1.98. The zero-order valence-electron chi connectivity index (χ0n) is 11.8. The third-order valence-corrected chi connectivity index (χ3v) is 4.07. The van der Waals surface area contributed by atoms with Crippen LogP contribution in [0.25, 0.3) is 11.0 Å². The van der Waals surface area contributed by atoms with Gasteiger partial charge in [0.15, 0.2) is 0 Å². The SMILES string of the molecule is CSCC(C)Cn1c(=O)c(=O)[nH]c2cc(C(=O)O)ccc21. The topological polar surface area (TPSA) is 92.2 Å². The third kappa shape index (κ3) is 3.18. The van der Waals surface area contributed by atoms with Gasteiger partial charge in [0.05, 0.1) is 16.6 Å². The molecule has 1 aromatic heterocycles. The second-order valence-electron chi connectivity index (χ2n) is 4.97. The third-order valence-electron chi connectivity index (χ3n) is 3.17. The number of carboxylic acids is 1. The molecule has 0 spiro atoms. The summed E-state index contributed by atoms with van der Waals surface area (Å²) in [7, 11) is 0. The van der Waals surface area contributed by atoms with Crippen LogP contribution in [0.5, 0.6) is 0 Å². The number of hydrogen-bond donors (Lipinski definition) is 2. The zero-order valence-corrected chi connectivity index (χ0v) is 12.6. The second kappa shape index (κ2) is 6.17. The van der Waals surface area contributed by atoms with Gasteiger partial charge in [-0.2, -0.15) is 11.8 Å². The van der Waals surface area contributed by atoms with E-state index in [1.165, 1.54) is 16.7 Å². The van der Waals surface area contributed by atoms with Crippen LogP contribution in [0.15, 0.2) is 27.8 Å². The molecule has 1 unspecified atom stereocenters. The number of nitrogens with one attached hydrogen (secondary N) is 1. The van der Waals surface area contributed by atoms with E-state index < -0.39 is 17.1 Å². The Hall–Kier alpha value is -2.02. The first-order valence-corrected chi connectivity index (χ1v) is 7.82. The van der Waals surface area contributed by atoms with Gasteiger partial charge in [0.2, 0.25) is 0 Å². The predicted molar refractivity (Wildman–Crippen MR) is 83.3 cm³/mol. The van der Waals surface area contributed by atoms with Gasteiger partial charge < -0.3 is 14.7 Å². The van der Waals surface area contributed by atoms with Crippen LogP contribution in [0.2, 0.25) is 0 Å². The zero-order chi connectivity index (χ0) is 15.6. The number of aromatic amines is 1. The summed E-state index contributed by atoms with van der Waals surface area (Å²) in [6, 6.07) is 4.36. The van der Waals surface area contributed by atoms with E-state index in [1.54, 1.807) is 17.8 Å². The number of thioether (sulfide) groups is 1. The van der Waals surface area contributed by atoms with Crippen molar-refractivity contribution >= 4 is 28.8 Å². The number of nitrogens with zero attached hydrogens (tertiary/aromatic N) is 1.